The fraction of sp³-hybridized carbons (Fsp3) is 0.158. The molecular formula is C19H15N3O4. The van der Waals surface area contributed by atoms with Crippen LogP contribution in [-0.2, 0) is 4.79 Å². The number of nitrogens with zero attached hydrogens (tertiary/aromatic N) is 2. The van der Waals surface area contributed by atoms with Crippen LogP contribution in [0.3, 0.4) is 0 Å². The number of ether oxygens (including phenoxy) is 1. The lowest BCUT2D eigenvalue weighted by Crippen LogP contribution is -2.14. The molecule has 0 atom stereocenters. The molecule has 1 saturated carbocycles. The molecule has 0 spiro atoms. The summed E-state index contributed by atoms with van der Waals surface area (Å²) in [4.78, 5) is 31.2. The monoisotopic (exact) mass is 349 g/mol. The molecule has 2 aromatic carbocycles. The second-order valence-electron chi connectivity index (χ2n) is 6.10. The Balaban J connectivity index is 1.57. The van der Waals surface area contributed by atoms with Crippen molar-refractivity contribution >= 4 is 28.5 Å². The third kappa shape index (κ3) is 3.32. The predicted octanol–water partition coefficient (Wildman–Crippen LogP) is 3.47. The molecule has 0 unspecified atom stereocenters. The quantitative estimate of drug-likeness (QED) is 0.731. The van der Waals surface area contributed by atoms with Gasteiger partial charge in [0.15, 0.2) is 0 Å². The fourth-order valence-corrected chi connectivity index (χ4v) is 2.67. The van der Waals surface area contributed by atoms with Crippen molar-refractivity contribution in [3.8, 4) is 11.6 Å². The number of hydrogen-bond acceptors (Lipinski definition) is 5. The number of anilines is 1. The number of carbonyl (C=O) groups excluding carboxylic acids is 1. The number of rotatable bonds is 5. The zero-order chi connectivity index (χ0) is 18.1. The van der Waals surface area contributed by atoms with E-state index in [1.165, 1.54) is 6.33 Å². The van der Waals surface area contributed by atoms with E-state index >= 15 is 0 Å². The van der Waals surface area contributed by atoms with Gasteiger partial charge < -0.3 is 15.2 Å². The van der Waals surface area contributed by atoms with Crippen molar-refractivity contribution < 1.29 is 19.4 Å². The minimum atomic E-state index is -0.976. The number of aromatic carboxylic acids is 1. The normalized spacial score (nSPS) is 13.4. The average molecular weight is 349 g/mol. The number of carbonyl (C=O) groups is 2. The van der Waals surface area contributed by atoms with Crippen LogP contribution in [0.4, 0.5) is 5.82 Å². The van der Waals surface area contributed by atoms with Gasteiger partial charge in [0.05, 0.1) is 5.56 Å². The Labute approximate surface area is 148 Å². The largest absolute Gasteiger partial charge is 0.478 e. The summed E-state index contributed by atoms with van der Waals surface area (Å²) in [6.45, 7) is 0. The van der Waals surface area contributed by atoms with Gasteiger partial charge in [-0.3, -0.25) is 4.79 Å². The Bertz CT molecular complexity index is 1010. The highest BCUT2D eigenvalue weighted by atomic mass is 16.5. The van der Waals surface area contributed by atoms with Crippen molar-refractivity contribution in [1.29, 1.82) is 0 Å². The van der Waals surface area contributed by atoms with Gasteiger partial charge in [-0.25, -0.2) is 14.8 Å². The van der Waals surface area contributed by atoms with Crippen LogP contribution in [0.2, 0.25) is 0 Å². The Kier molecular flexibility index (Phi) is 3.96. The van der Waals surface area contributed by atoms with E-state index in [1.807, 2.05) is 6.07 Å². The lowest BCUT2D eigenvalue weighted by molar-refractivity contribution is -0.117. The van der Waals surface area contributed by atoms with Crippen molar-refractivity contribution in [2.45, 2.75) is 12.8 Å². The molecule has 1 aromatic heterocycles. The first-order valence-electron chi connectivity index (χ1n) is 8.17. The topological polar surface area (TPSA) is 101 Å². The van der Waals surface area contributed by atoms with Gasteiger partial charge in [-0.15, -0.1) is 0 Å². The van der Waals surface area contributed by atoms with Crippen LogP contribution in [0.5, 0.6) is 11.6 Å². The highest BCUT2D eigenvalue weighted by Gasteiger charge is 2.29. The van der Waals surface area contributed by atoms with Gasteiger partial charge >= 0.3 is 5.97 Å². The lowest BCUT2D eigenvalue weighted by Gasteiger charge is -2.09. The predicted molar refractivity (Wildman–Crippen MR) is 94.4 cm³/mol. The number of carboxylic acids is 1. The number of carboxylic acid groups (broad SMARTS) is 1. The highest BCUT2D eigenvalue weighted by molar-refractivity contribution is 6.03. The van der Waals surface area contributed by atoms with Gasteiger partial charge in [-0.1, -0.05) is 12.1 Å². The molecule has 130 valence electrons. The fourth-order valence-electron chi connectivity index (χ4n) is 2.67. The summed E-state index contributed by atoms with van der Waals surface area (Å²) >= 11 is 0. The Morgan fingerprint density at radius 1 is 1.12 bits per heavy atom. The summed E-state index contributed by atoms with van der Waals surface area (Å²) in [6.07, 6.45) is 3.15. The maximum Gasteiger partial charge on any atom is 0.336 e. The van der Waals surface area contributed by atoms with E-state index < -0.39 is 5.97 Å². The van der Waals surface area contributed by atoms with Crippen molar-refractivity contribution in [3.05, 3.63) is 54.4 Å². The van der Waals surface area contributed by atoms with Gasteiger partial charge in [0, 0.05) is 12.0 Å². The van der Waals surface area contributed by atoms with E-state index in [2.05, 4.69) is 15.3 Å². The van der Waals surface area contributed by atoms with E-state index in [0.717, 1.165) is 18.2 Å². The van der Waals surface area contributed by atoms with E-state index in [1.54, 1.807) is 36.4 Å². The first kappa shape index (κ1) is 16.0. The molecule has 1 fully saturated rings. The molecule has 7 nitrogen and oxygen atoms in total. The van der Waals surface area contributed by atoms with Gasteiger partial charge in [0.25, 0.3) is 0 Å². The zero-order valence-electron chi connectivity index (χ0n) is 13.7. The molecule has 1 aliphatic rings. The molecule has 0 bridgehead atoms. The summed E-state index contributed by atoms with van der Waals surface area (Å²) in [7, 11) is 0. The molecule has 4 rings (SSSR count). The molecule has 3 aromatic rings. The molecule has 0 saturated heterocycles. The molecule has 1 amide bonds. The summed E-state index contributed by atoms with van der Waals surface area (Å²) in [5, 5.41) is 13.4. The molecule has 1 aliphatic carbocycles. The number of hydrogen-bond donors (Lipinski definition) is 2. The number of fused-ring (bicyclic) bond motifs is 1. The Morgan fingerprint density at radius 2 is 1.96 bits per heavy atom. The van der Waals surface area contributed by atoms with Crippen molar-refractivity contribution in [1.82, 2.24) is 9.97 Å². The van der Waals surface area contributed by atoms with E-state index in [9.17, 15) is 14.7 Å². The highest BCUT2D eigenvalue weighted by Crippen LogP contribution is 2.31. The summed E-state index contributed by atoms with van der Waals surface area (Å²) in [5.41, 5.74) is 0.237. The van der Waals surface area contributed by atoms with Crippen LogP contribution in [0.15, 0.2) is 48.8 Å². The van der Waals surface area contributed by atoms with Crippen LogP contribution in [0.25, 0.3) is 10.8 Å². The van der Waals surface area contributed by atoms with E-state index in [-0.39, 0.29) is 17.4 Å². The van der Waals surface area contributed by atoms with E-state index in [0.29, 0.717) is 22.8 Å². The number of aromatic nitrogens is 2. The summed E-state index contributed by atoms with van der Waals surface area (Å²) in [5.74, 6) is 0.259. The van der Waals surface area contributed by atoms with Gasteiger partial charge in [0.2, 0.25) is 11.8 Å². The van der Waals surface area contributed by atoms with Crippen LogP contribution >= 0.6 is 0 Å². The second kappa shape index (κ2) is 6.44. The first-order chi connectivity index (χ1) is 12.6. The average Bonchev–Trinajstić information content (AvgIpc) is 3.46. The summed E-state index contributed by atoms with van der Waals surface area (Å²) < 4.78 is 5.74. The number of benzene rings is 2. The van der Waals surface area contributed by atoms with Crippen molar-refractivity contribution in [3.63, 3.8) is 0 Å². The second-order valence-corrected chi connectivity index (χ2v) is 6.10. The molecule has 0 aliphatic heterocycles. The van der Waals surface area contributed by atoms with Gasteiger partial charge in [-0.2, -0.15) is 0 Å². The maximum absolute atomic E-state index is 11.8. The zero-order valence-corrected chi connectivity index (χ0v) is 13.7. The van der Waals surface area contributed by atoms with Crippen molar-refractivity contribution in [2.24, 2.45) is 5.92 Å². The van der Waals surface area contributed by atoms with Crippen LogP contribution < -0.4 is 10.1 Å². The molecule has 7 heteroatoms. The molecule has 2 N–H and O–H groups in total. The number of nitrogens with one attached hydrogen (secondary N) is 1. The van der Waals surface area contributed by atoms with Crippen LogP contribution in [-0.4, -0.2) is 27.0 Å². The maximum atomic E-state index is 11.8. The third-order valence-corrected chi connectivity index (χ3v) is 4.15. The lowest BCUT2D eigenvalue weighted by atomic mass is 10.0. The molecule has 0 radical (unpaired) electrons. The minimum absolute atomic E-state index is 0.0402. The van der Waals surface area contributed by atoms with Gasteiger partial charge in [0.1, 0.15) is 17.9 Å². The third-order valence-electron chi connectivity index (χ3n) is 4.15. The van der Waals surface area contributed by atoms with Crippen LogP contribution in [0, 0.1) is 5.92 Å². The SMILES string of the molecule is O=C(O)c1cccc2cc(Oc3cc(NC(=O)C4CC4)ncn3)ccc12. The molecular weight excluding hydrogens is 334 g/mol. The number of amides is 1. The first-order valence-corrected chi connectivity index (χ1v) is 8.17. The summed E-state index contributed by atoms with van der Waals surface area (Å²) in [6, 6.07) is 11.7. The molecule has 26 heavy (non-hydrogen) atoms. The van der Waals surface area contributed by atoms with Crippen LogP contribution in [0.1, 0.15) is 23.2 Å². The molecule has 1 heterocycles. The van der Waals surface area contributed by atoms with Crippen molar-refractivity contribution in [2.75, 3.05) is 5.32 Å². The van der Waals surface area contributed by atoms with E-state index in [4.69, 9.17) is 4.74 Å². The smallest absolute Gasteiger partial charge is 0.336 e. The van der Waals surface area contributed by atoms with Gasteiger partial charge in [-0.05, 0) is 47.9 Å². The Morgan fingerprint density at radius 3 is 2.73 bits per heavy atom. The standard InChI is InChI=1S/C19H15N3O4/c23-18(11-4-5-11)22-16-9-17(21-10-20-16)26-13-6-7-14-12(8-13)2-1-3-15(14)19(24)25/h1-3,6-11H,4-5H2,(H,24,25)(H,20,21,22,23). The minimum Gasteiger partial charge on any atom is -0.478 e. The Hall–Kier alpha value is -3.48.